The second-order valence-electron chi connectivity index (χ2n) is 6.95. The number of rotatable bonds is 4. The standard InChI is InChI=1S/C21H23N3O2/c1-13(2)20(15-8-9-18-19(12-15)26-11-10-25-18)22-21-17-7-5-4-6-16(17)14(3)23-24-21/h4-9,12-13,20H,10-11H2,1-3H3,(H,22,24). The van der Waals surface area contributed by atoms with Crippen LogP contribution in [0, 0.1) is 12.8 Å². The van der Waals surface area contributed by atoms with E-state index >= 15 is 0 Å². The Hall–Kier alpha value is -2.82. The van der Waals surface area contributed by atoms with Crippen LogP contribution < -0.4 is 14.8 Å². The molecule has 4 rings (SSSR count). The fourth-order valence-electron chi connectivity index (χ4n) is 3.38. The lowest BCUT2D eigenvalue weighted by atomic mass is 9.95. The molecule has 0 saturated carbocycles. The van der Waals surface area contributed by atoms with Crippen LogP contribution in [-0.4, -0.2) is 23.4 Å². The van der Waals surface area contributed by atoms with Gasteiger partial charge in [-0.3, -0.25) is 0 Å². The quantitative estimate of drug-likeness (QED) is 0.750. The molecule has 26 heavy (non-hydrogen) atoms. The molecule has 2 aromatic carbocycles. The minimum atomic E-state index is 0.0891. The lowest BCUT2D eigenvalue weighted by molar-refractivity contribution is 0.171. The molecule has 0 amide bonds. The van der Waals surface area contributed by atoms with Crippen molar-refractivity contribution in [2.75, 3.05) is 18.5 Å². The molecule has 5 heteroatoms. The minimum Gasteiger partial charge on any atom is -0.486 e. The maximum Gasteiger partial charge on any atom is 0.161 e. The third-order valence-corrected chi connectivity index (χ3v) is 4.76. The second kappa shape index (κ2) is 6.83. The van der Waals surface area contributed by atoms with E-state index in [1.807, 2.05) is 25.1 Å². The van der Waals surface area contributed by atoms with Crippen molar-refractivity contribution in [3.8, 4) is 11.5 Å². The van der Waals surface area contributed by atoms with Gasteiger partial charge >= 0.3 is 0 Å². The topological polar surface area (TPSA) is 56.3 Å². The van der Waals surface area contributed by atoms with Gasteiger partial charge in [0.25, 0.3) is 0 Å². The Bertz CT molecular complexity index is 940. The van der Waals surface area contributed by atoms with E-state index in [1.165, 1.54) is 0 Å². The summed E-state index contributed by atoms with van der Waals surface area (Å²) in [5.74, 6) is 2.78. The highest BCUT2D eigenvalue weighted by atomic mass is 16.6. The van der Waals surface area contributed by atoms with Gasteiger partial charge in [0.15, 0.2) is 17.3 Å². The van der Waals surface area contributed by atoms with Gasteiger partial charge in [-0.25, -0.2) is 0 Å². The van der Waals surface area contributed by atoms with Gasteiger partial charge in [0, 0.05) is 10.8 Å². The maximum absolute atomic E-state index is 5.75. The van der Waals surface area contributed by atoms with Gasteiger partial charge in [-0.1, -0.05) is 44.2 Å². The van der Waals surface area contributed by atoms with Crippen molar-refractivity contribution in [1.82, 2.24) is 10.2 Å². The molecule has 1 atom stereocenters. The van der Waals surface area contributed by atoms with Gasteiger partial charge < -0.3 is 14.8 Å². The van der Waals surface area contributed by atoms with Crippen molar-refractivity contribution in [1.29, 1.82) is 0 Å². The van der Waals surface area contributed by atoms with E-state index in [-0.39, 0.29) is 6.04 Å². The van der Waals surface area contributed by atoms with Gasteiger partial charge in [0.1, 0.15) is 13.2 Å². The molecular formula is C21H23N3O2. The molecule has 1 N–H and O–H groups in total. The van der Waals surface area contributed by atoms with E-state index in [0.717, 1.165) is 39.3 Å². The smallest absolute Gasteiger partial charge is 0.161 e. The molecule has 0 saturated heterocycles. The summed E-state index contributed by atoms with van der Waals surface area (Å²) in [4.78, 5) is 0. The molecule has 134 valence electrons. The van der Waals surface area contributed by atoms with Crippen LogP contribution >= 0.6 is 0 Å². The van der Waals surface area contributed by atoms with Crippen LogP contribution in [-0.2, 0) is 0 Å². The van der Waals surface area contributed by atoms with E-state index in [9.17, 15) is 0 Å². The summed E-state index contributed by atoms with van der Waals surface area (Å²) in [6.45, 7) is 7.56. The van der Waals surface area contributed by atoms with Crippen molar-refractivity contribution in [2.24, 2.45) is 5.92 Å². The first-order valence-electron chi connectivity index (χ1n) is 9.01. The summed E-state index contributed by atoms with van der Waals surface area (Å²) in [7, 11) is 0. The Balaban J connectivity index is 1.72. The fourth-order valence-corrected chi connectivity index (χ4v) is 3.38. The Morgan fingerprint density at radius 3 is 2.42 bits per heavy atom. The average Bonchev–Trinajstić information content (AvgIpc) is 2.67. The monoisotopic (exact) mass is 349 g/mol. The van der Waals surface area contributed by atoms with Crippen LogP contribution in [0.3, 0.4) is 0 Å². The average molecular weight is 349 g/mol. The molecule has 1 aliphatic heterocycles. The van der Waals surface area contributed by atoms with E-state index in [1.54, 1.807) is 0 Å². The number of anilines is 1. The molecule has 0 radical (unpaired) electrons. The van der Waals surface area contributed by atoms with Gasteiger partial charge in [0.2, 0.25) is 0 Å². The third-order valence-electron chi connectivity index (χ3n) is 4.76. The van der Waals surface area contributed by atoms with Gasteiger partial charge in [-0.2, -0.15) is 5.10 Å². The molecule has 0 fully saturated rings. The summed E-state index contributed by atoms with van der Waals surface area (Å²) in [6, 6.07) is 14.5. The zero-order chi connectivity index (χ0) is 18.1. The van der Waals surface area contributed by atoms with Crippen LogP contribution in [0.5, 0.6) is 11.5 Å². The number of fused-ring (bicyclic) bond motifs is 2. The predicted molar refractivity (Wildman–Crippen MR) is 103 cm³/mol. The number of hydrogen-bond acceptors (Lipinski definition) is 5. The number of nitrogens with one attached hydrogen (secondary N) is 1. The van der Waals surface area contributed by atoms with Crippen molar-refractivity contribution in [3.05, 3.63) is 53.7 Å². The number of benzene rings is 2. The summed E-state index contributed by atoms with van der Waals surface area (Å²) in [5.41, 5.74) is 2.09. The Morgan fingerprint density at radius 1 is 0.923 bits per heavy atom. The molecule has 1 unspecified atom stereocenters. The Morgan fingerprint density at radius 2 is 1.65 bits per heavy atom. The molecule has 2 heterocycles. The SMILES string of the molecule is Cc1nnc(NC(c2ccc3c(c2)OCCO3)C(C)C)c2ccccc12. The van der Waals surface area contributed by atoms with Crippen LogP contribution in [0.15, 0.2) is 42.5 Å². The molecule has 0 spiro atoms. The summed E-state index contributed by atoms with van der Waals surface area (Å²) < 4.78 is 11.4. The summed E-state index contributed by atoms with van der Waals surface area (Å²) in [6.07, 6.45) is 0. The van der Waals surface area contributed by atoms with E-state index in [2.05, 4.69) is 53.6 Å². The Labute approximate surface area is 153 Å². The van der Waals surface area contributed by atoms with Gasteiger partial charge in [-0.15, -0.1) is 5.10 Å². The molecule has 0 aliphatic carbocycles. The summed E-state index contributed by atoms with van der Waals surface area (Å²) >= 11 is 0. The molecule has 0 bridgehead atoms. The van der Waals surface area contributed by atoms with Crippen LogP contribution in [0.1, 0.15) is 31.1 Å². The minimum absolute atomic E-state index is 0.0891. The largest absolute Gasteiger partial charge is 0.486 e. The first kappa shape index (κ1) is 16.6. The van der Waals surface area contributed by atoms with Crippen molar-refractivity contribution < 1.29 is 9.47 Å². The number of ether oxygens (including phenoxy) is 2. The van der Waals surface area contributed by atoms with E-state index in [0.29, 0.717) is 19.1 Å². The Kier molecular flexibility index (Phi) is 4.37. The van der Waals surface area contributed by atoms with E-state index < -0.39 is 0 Å². The first-order chi connectivity index (χ1) is 12.6. The molecular weight excluding hydrogens is 326 g/mol. The normalized spacial score (nSPS) is 14.5. The maximum atomic E-state index is 5.75. The number of aromatic nitrogens is 2. The summed E-state index contributed by atoms with van der Waals surface area (Å²) in [5, 5.41) is 14.6. The highest BCUT2D eigenvalue weighted by molar-refractivity contribution is 5.93. The van der Waals surface area contributed by atoms with Crippen LogP contribution in [0.25, 0.3) is 10.8 Å². The first-order valence-corrected chi connectivity index (χ1v) is 9.01. The van der Waals surface area contributed by atoms with Crippen molar-refractivity contribution in [3.63, 3.8) is 0 Å². The van der Waals surface area contributed by atoms with E-state index in [4.69, 9.17) is 9.47 Å². The van der Waals surface area contributed by atoms with Gasteiger partial charge in [-0.05, 0) is 30.5 Å². The second-order valence-corrected chi connectivity index (χ2v) is 6.95. The predicted octanol–water partition coefficient (Wildman–Crippen LogP) is 4.52. The molecule has 1 aromatic heterocycles. The number of nitrogens with zero attached hydrogens (tertiary/aromatic N) is 2. The molecule has 1 aliphatic rings. The lowest BCUT2D eigenvalue weighted by Gasteiger charge is -2.26. The highest BCUT2D eigenvalue weighted by Crippen LogP contribution is 2.36. The molecule has 5 nitrogen and oxygen atoms in total. The van der Waals surface area contributed by atoms with Crippen LogP contribution in [0.4, 0.5) is 5.82 Å². The highest BCUT2D eigenvalue weighted by Gasteiger charge is 2.21. The van der Waals surface area contributed by atoms with Crippen molar-refractivity contribution in [2.45, 2.75) is 26.8 Å². The third kappa shape index (κ3) is 3.05. The fraction of sp³-hybridized carbons (Fsp3) is 0.333. The van der Waals surface area contributed by atoms with Crippen LogP contribution in [0.2, 0.25) is 0 Å². The zero-order valence-electron chi connectivity index (χ0n) is 15.3. The number of hydrogen-bond donors (Lipinski definition) is 1. The lowest BCUT2D eigenvalue weighted by Crippen LogP contribution is -2.20. The van der Waals surface area contributed by atoms with Gasteiger partial charge in [0.05, 0.1) is 11.7 Å². The molecule has 3 aromatic rings. The zero-order valence-corrected chi connectivity index (χ0v) is 15.3. The van der Waals surface area contributed by atoms with Crippen molar-refractivity contribution >= 4 is 16.6 Å². The number of aryl methyl sites for hydroxylation is 1.